The predicted molar refractivity (Wildman–Crippen MR) is 139 cm³/mol. The number of anilines is 1. The smallest absolute Gasteiger partial charge is 0.191 e. The molecule has 0 radical (unpaired) electrons. The van der Waals surface area contributed by atoms with Gasteiger partial charge in [0.15, 0.2) is 5.96 Å². The fourth-order valence-corrected chi connectivity index (χ4v) is 4.02. The Labute approximate surface area is 209 Å². The van der Waals surface area contributed by atoms with Crippen LogP contribution in [-0.2, 0) is 16.0 Å². The molecule has 2 N–H and O–H groups in total. The Hall–Kier alpha value is -1.17. The predicted octanol–water partition coefficient (Wildman–Crippen LogP) is 2.69. The summed E-state index contributed by atoms with van der Waals surface area (Å²) >= 11 is 0. The Morgan fingerprint density at radius 1 is 1.19 bits per heavy atom. The average molecular weight is 564 g/mol. The van der Waals surface area contributed by atoms with Crippen molar-refractivity contribution >= 4 is 35.6 Å². The number of morpholine rings is 2. The third-order valence-corrected chi connectivity index (χ3v) is 5.47. The van der Waals surface area contributed by atoms with Crippen LogP contribution in [0.2, 0.25) is 0 Å². The summed E-state index contributed by atoms with van der Waals surface area (Å²) in [5.41, 5.74) is 1.49. The fraction of sp³-hybridized carbons (Fsp3) is 0.696. The van der Waals surface area contributed by atoms with Crippen LogP contribution in [-0.4, -0.2) is 82.6 Å². The van der Waals surface area contributed by atoms with E-state index >= 15 is 0 Å². The SMILES string of the molecule is CCNC(=NCc1ccc(N2CCOCC2)c(F)c1)NCC1CN(CC(C)C)CCO1.I. The Bertz CT molecular complexity index is 716. The van der Waals surface area contributed by atoms with E-state index < -0.39 is 0 Å². The monoisotopic (exact) mass is 563 g/mol. The van der Waals surface area contributed by atoms with E-state index in [1.807, 2.05) is 24.0 Å². The highest BCUT2D eigenvalue weighted by Crippen LogP contribution is 2.22. The van der Waals surface area contributed by atoms with Gasteiger partial charge in [-0.3, -0.25) is 4.90 Å². The van der Waals surface area contributed by atoms with Gasteiger partial charge in [-0.15, -0.1) is 24.0 Å². The molecule has 32 heavy (non-hydrogen) atoms. The lowest BCUT2D eigenvalue weighted by Gasteiger charge is -2.34. The normalized spacial score (nSPS) is 20.2. The van der Waals surface area contributed by atoms with E-state index in [2.05, 4.69) is 34.4 Å². The van der Waals surface area contributed by atoms with Crippen LogP contribution in [0.4, 0.5) is 10.1 Å². The van der Waals surface area contributed by atoms with E-state index in [0.717, 1.165) is 57.4 Å². The summed E-state index contributed by atoms with van der Waals surface area (Å²) < 4.78 is 25.9. The molecule has 1 aromatic carbocycles. The zero-order valence-corrected chi connectivity index (χ0v) is 21.9. The number of ether oxygens (including phenoxy) is 2. The van der Waals surface area contributed by atoms with Gasteiger partial charge in [0.2, 0.25) is 0 Å². The third-order valence-electron chi connectivity index (χ3n) is 5.47. The highest BCUT2D eigenvalue weighted by Gasteiger charge is 2.21. The molecule has 0 amide bonds. The van der Waals surface area contributed by atoms with Crippen molar-refractivity contribution in [1.82, 2.24) is 15.5 Å². The van der Waals surface area contributed by atoms with E-state index in [1.54, 1.807) is 6.07 Å². The minimum atomic E-state index is -0.201. The van der Waals surface area contributed by atoms with Crippen molar-refractivity contribution in [3.63, 3.8) is 0 Å². The fourth-order valence-electron chi connectivity index (χ4n) is 4.02. The lowest BCUT2D eigenvalue weighted by atomic mass is 10.1. The van der Waals surface area contributed by atoms with Crippen LogP contribution in [0.15, 0.2) is 23.2 Å². The van der Waals surface area contributed by atoms with E-state index in [1.165, 1.54) is 0 Å². The van der Waals surface area contributed by atoms with Gasteiger partial charge in [-0.2, -0.15) is 0 Å². The second-order valence-electron chi connectivity index (χ2n) is 8.61. The maximum absolute atomic E-state index is 14.6. The number of benzene rings is 1. The lowest BCUT2D eigenvalue weighted by Crippen LogP contribution is -2.50. The van der Waals surface area contributed by atoms with Crippen molar-refractivity contribution in [3.05, 3.63) is 29.6 Å². The molecule has 7 nitrogen and oxygen atoms in total. The number of nitrogens with one attached hydrogen (secondary N) is 2. The highest BCUT2D eigenvalue weighted by atomic mass is 127. The Balaban J connectivity index is 0.00000363. The van der Waals surface area contributed by atoms with Gasteiger partial charge in [0.25, 0.3) is 0 Å². The molecular formula is C23H39FIN5O2. The zero-order chi connectivity index (χ0) is 22.1. The van der Waals surface area contributed by atoms with E-state index in [0.29, 0.717) is 37.9 Å². The molecule has 2 heterocycles. The van der Waals surface area contributed by atoms with E-state index in [-0.39, 0.29) is 35.9 Å². The molecule has 0 spiro atoms. The minimum Gasteiger partial charge on any atom is -0.378 e. The van der Waals surface area contributed by atoms with E-state index in [4.69, 9.17) is 9.47 Å². The topological polar surface area (TPSA) is 61.4 Å². The molecule has 2 aliphatic rings. The van der Waals surface area contributed by atoms with Crippen LogP contribution < -0.4 is 15.5 Å². The molecule has 2 aliphatic heterocycles. The maximum atomic E-state index is 14.6. The van der Waals surface area contributed by atoms with Crippen LogP contribution in [0.25, 0.3) is 0 Å². The summed E-state index contributed by atoms with van der Waals surface area (Å²) in [6.07, 6.45) is 0.140. The third kappa shape index (κ3) is 8.64. The summed E-state index contributed by atoms with van der Waals surface area (Å²) in [7, 11) is 0. The first-order valence-corrected chi connectivity index (χ1v) is 11.5. The summed E-state index contributed by atoms with van der Waals surface area (Å²) in [6.45, 7) is 14.9. The standard InChI is InChI=1S/C23H38FN5O2.HI/c1-4-25-23(27-15-20-17-28(7-12-31-20)16-18(2)3)26-14-19-5-6-22(21(24)13-19)29-8-10-30-11-9-29;/h5-6,13,18,20H,4,7-12,14-17H2,1-3H3,(H2,25,26,27);1H. The molecule has 0 saturated carbocycles. The minimum absolute atomic E-state index is 0. The second kappa shape index (κ2) is 14.2. The molecular weight excluding hydrogens is 524 g/mol. The van der Waals surface area contributed by atoms with Crippen molar-refractivity contribution in [1.29, 1.82) is 0 Å². The Kier molecular flexibility index (Phi) is 12.0. The summed E-state index contributed by atoms with van der Waals surface area (Å²) in [4.78, 5) is 9.14. The van der Waals surface area contributed by atoms with Gasteiger partial charge in [-0.1, -0.05) is 19.9 Å². The molecule has 3 rings (SSSR count). The summed E-state index contributed by atoms with van der Waals surface area (Å²) in [5.74, 6) is 1.18. The maximum Gasteiger partial charge on any atom is 0.191 e. The molecule has 2 saturated heterocycles. The van der Waals surface area contributed by atoms with Crippen molar-refractivity contribution in [2.45, 2.75) is 33.4 Å². The lowest BCUT2D eigenvalue weighted by molar-refractivity contribution is -0.0284. The second-order valence-corrected chi connectivity index (χ2v) is 8.61. The van der Waals surface area contributed by atoms with Crippen molar-refractivity contribution in [2.24, 2.45) is 10.9 Å². The average Bonchev–Trinajstić information content (AvgIpc) is 2.76. The molecule has 0 aromatic heterocycles. The number of hydrogen-bond acceptors (Lipinski definition) is 5. The van der Waals surface area contributed by atoms with Gasteiger partial charge in [-0.05, 0) is 30.5 Å². The van der Waals surface area contributed by atoms with Crippen molar-refractivity contribution in [2.75, 3.05) is 70.5 Å². The van der Waals surface area contributed by atoms with Gasteiger partial charge in [0, 0.05) is 45.8 Å². The number of nitrogens with zero attached hydrogens (tertiary/aromatic N) is 3. The van der Waals surface area contributed by atoms with Crippen LogP contribution in [0, 0.1) is 11.7 Å². The van der Waals surface area contributed by atoms with E-state index in [9.17, 15) is 4.39 Å². The number of halogens is 2. The van der Waals surface area contributed by atoms with Gasteiger partial charge in [0.1, 0.15) is 5.82 Å². The number of guanidine groups is 1. The summed E-state index contributed by atoms with van der Waals surface area (Å²) in [5, 5.41) is 6.65. The van der Waals surface area contributed by atoms with Gasteiger partial charge in [-0.25, -0.2) is 9.38 Å². The Morgan fingerprint density at radius 2 is 1.97 bits per heavy atom. The summed E-state index contributed by atoms with van der Waals surface area (Å²) in [6, 6.07) is 5.39. The molecule has 9 heteroatoms. The van der Waals surface area contributed by atoms with Crippen LogP contribution >= 0.6 is 24.0 Å². The molecule has 1 unspecified atom stereocenters. The molecule has 0 bridgehead atoms. The molecule has 1 atom stereocenters. The van der Waals surface area contributed by atoms with Crippen LogP contribution in [0.3, 0.4) is 0 Å². The van der Waals surface area contributed by atoms with Crippen LogP contribution in [0.1, 0.15) is 26.3 Å². The number of rotatable bonds is 8. The number of aliphatic imine (C=N–C) groups is 1. The van der Waals surface area contributed by atoms with Gasteiger partial charge >= 0.3 is 0 Å². The largest absolute Gasteiger partial charge is 0.378 e. The molecule has 1 aromatic rings. The molecule has 182 valence electrons. The highest BCUT2D eigenvalue weighted by molar-refractivity contribution is 14.0. The first-order chi connectivity index (χ1) is 15.0. The zero-order valence-electron chi connectivity index (χ0n) is 19.6. The first-order valence-electron chi connectivity index (χ1n) is 11.5. The quantitative estimate of drug-likeness (QED) is 0.288. The van der Waals surface area contributed by atoms with Gasteiger partial charge in [0.05, 0.1) is 38.2 Å². The van der Waals surface area contributed by atoms with Crippen molar-refractivity contribution < 1.29 is 13.9 Å². The Morgan fingerprint density at radius 3 is 2.66 bits per heavy atom. The van der Waals surface area contributed by atoms with Crippen molar-refractivity contribution in [3.8, 4) is 0 Å². The first kappa shape index (κ1) is 27.1. The molecule has 2 fully saturated rings. The van der Waals surface area contributed by atoms with Gasteiger partial charge < -0.3 is 25.0 Å². The number of hydrogen-bond donors (Lipinski definition) is 2. The van der Waals surface area contributed by atoms with Crippen LogP contribution in [0.5, 0.6) is 0 Å². The molecule has 0 aliphatic carbocycles.